The Kier molecular flexibility index (Phi) is 4.88. The lowest BCUT2D eigenvalue weighted by Crippen LogP contribution is -2.17. The van der Waals surface area contributed by atoms with Crippen LogP contribution in [0.2, 0.25) is 0 Å². The van der Waals surface area contributed by atoms with Crippen LogP contribution in [-0.2, 0) is 4.79 Å². The van der Waals surface area contributed by atoms with Crippen molar-refractivity contribution in [1.82, 2.24) is 5.32 Å². The van der Waals surface area contributed by atoms with Crippen LogP contribution >= 0.6 is 40.3 Å². The van der Waals surface area contributed by atoms with Crippen molar-refractivity contribution in [3.8, 4) is 17.2 Å². The lowest BCUT2D eigenvalue weighted by Gasteiger charge is -2.10. The van der Waals surface area contributed by atoms with E-state index in [-0.39, 0.29) is 16.4 Å². The summed E-state index contributed by atoms with van der Waals surface area (Å²) in [5.74, 6) is 0.274. The number of amides is 2. The maximum atomic E-state index is 11.5. The van der Waals surface area contributed by atoms with E-state index >= 15 is 0 Å². The van der Waals surface area contributed by atoms with Gasteiger partial charge in [0.25, 0.3) is 11.1 Å². The van der Waals surface area contributed by atoms with Gasteiger partial charge in [-0.05, 0) is 69.7 Å². The van der Waals surface area contributed by atoms with E-state index in [2.05, 4.69) is 33.9 Å². The molecule has 2 aromatic carbocycles. The first-order valence-corrected chi connectivity index (χ1v) is 8.72. The van der Waals surface area contributed by atoms with Crippen LogP contribution < -0.4 is 10.1 Å². The Labute approximate surface area is 155 Å². The summed E-state index contributed by atoms with van der Waals surface area (Å²) >= 11 is 8.42. The number of carbonyl (C=O) groups is 2. The molecule has 2 amide bonds. The Balaban J connectivity index is 1.84. The van der Waals surface area contributed by atoms with Gasteiger partial charge in [-0.2, -0.15) is 0 Å². The van der Waals surface area contributed by atoms with Crippen molar-refractivity contribution in [3.05, 3.63) is 51.3 Å². The molecule has 0 spiro atoms. The van der Waals surface area contributed by atoms with E-state index in [4.69, 9.17) is 4.74 Å². The fourth-order valence-corrected chi connectivity index (χ4v) is 3.50. The van der Waals surface area contributed by atoms with E-state index in [0.29, 0.717) is 15.8 Å². The molecular formula is C16H10BrNO4S2. The molecule has 24 heavy (non-hydrogen) atoms. The fourth-order valence-electron chi connectivity index (χ4n) is 1.97. The zero-order chi connectivity index (χ0) is 17.3. The Morgan fingerprint density at radius 3 is 2.54 bits per heavy atom. The van der Waals surface area contributed by atoms with Crippen molar-refractivity contribution in [2.45, 2.75) is 4.90 Å². The van der Waals surface area contributed by atoms with Crippen molar-refractivity contribution in [2.24, 2.45) is 0 Å². The number of rotatable bonds is 3. The highest BCUT2D eigenvalue weighted by molar-refractivity contribution is 9.10. The Hall–Kier alpha value is -1.90. The number of thiol groups is 1. The van der Waals surface area contributed by atoms with Crippen LogP contribution in [0, 0.1) is 0 Å². The molecule has 122 valence electrons. The Morgan fingerprint density at radius 1 is 1.17 bits per heavy atom. The minimum atomic E-state index is -0.444. The number of ether oxygens (including phenoxy) is 1. The second-order valence-electron chi connectivity index (χ2n) is 4.80. The van der Waals surface area contributed by atoms with Gasteiger partial charge in [0, 0.05) is 4.90 Å². The van der Waals surface area contributed by atoms with E-state index in [9.17, 15) is 14.7 Å². The van der Waals surface area contributed by atoms with Crippen LogP contribution in [0.15, 0.2) is 50.7 Å². The molecule has 1 heterocycles. The van der Waals surface area contributed by atoms with Crippen LogP contribution in [0.25, 0.3) is 6.08 Å². The number of carbonyl (C=O) groups excluding carboxylic acids is 2. The molecule has 8 heteroatoms. The summed E-state index contributed by atoms with van der Waals surface area (Å²) in [5.41, 5.74) is 0.581. The molecule has 1 aliphatic rings. The molecular weight excluding hydrogens is 414 g/mol. The largest absolute Gasteiger partial charge is 0.504 e. The minimum Gasteiger partial charge on any atom is -0.504 e. The molecule has 2 N–H and O–H groups in total. The summed E-state index contributed by atoms with van der Waals surface area (Å²) in [6.45, 7) is 0. The molecule has 5 nitrogen and oxygen atoms in total. The van der Waals surface area contributed by atoms with Gasteiger partial charge in [0.15, 0.2) is 11.5 Å². The van der Waals surface area contributed by atoms with Gasteiger partial charge in [-0.3, -0.25) is 14.9 Å². The van der Waals surface area contributed by atoms with E-state index in [1.807, 2.05) is 0 Å². The van der Waals surface area contributed by atoms with Crippen molar-refractivity contribution < 1.29 is 19.4 Å². The van der Waals surface area contributed by atoms with Gasteiger partial charge in [0.1, 0.15) is 5.75 Å². The van der Waals surface area contributed by atoms with Crippen LogP contribution in [-0.4, -0.2) is 16.3 Å². The number of hydrogen-bond acceptors (Lipinski definition) is 6. The maximum Gasteiger partial charge on any atom is 0.290 e. The third kappa shape index (κ3) is 3.77. The number of halogens is 1. The van der Waals surface area contributed by atoms with Crippen LogP contribution in [0.3, 0.4) is 0 Å². The van der Waals surface area contributed by atoms with Crippen LogP contribution in [0.4, 0.5) is 4.79 Å². The molecule has 1 fully saturated rings. The van der Waals surface area contributed by atoms with Crippen LogP contribution in [0.1, 0.15) is 5.56 Å². The van der Waals surface area contributed by atoms with E-state index in [1.54, 1.807) is 30.3 Å². The number of hydrogen-bond donors (Lipinski definition) is 3. The monoisotopic (exact) mass is 423 g/mol. The van der Waals surface area contributed by atoms with Crippen molar-refractivity contribution in [1.29, 1.82) is 0 Å². The first-order valence-electron chi connectivity index (χ1n) is 6.66. The lowest BCUT2D eigenvalue weighted by atomic mass is 10.2. The smallest absolute Gasteiger partial charge is 0.290 e. The highest BCUT2D eigenvalue weighted by Gasteiger charge is 2.25. The zero-order valence-corrected chi connectivity index (χ0v) is 15.2. The summed E-state index contributed by atoms with van der Waals surface area (Å²) in [6.07, 6.45) is 1.53. The maximum absolute atomic E-state index is 11.5. The quantitative estimate of drug-likeness (QED) is 0.498. The third-order valence-electron chi connectivity index (χ3n) is 3.06. The topological polar surface area (TPSA) is 75.6 Å². The SMILES string of the molecule is O=C1NC(=O)/C(=C/c2ccc(Oc3ccc(S)cc3Br)c(O)c2)S1. The van der Waals surface area contributed by atoms with Gasteiger partial charge in [0.05, 0.1) is 9.38 Å². The molecule has 0 radical (unpaired) electrons. The second-order valence-corrected chi connectivity index (χ2v) is 7.18. The zero-order valence-electron chi connectivity index (χ0n) is 11.9. The van der Waals surface area contributed by atoms with Crippen molar-refractivity contribution in [2.75, 3.05) is 0 Å². The highest BCUT2D eigenvalue weighted by Crippen LogP contribution is 2.36. The summed E-state index contributed by atoms with van der Waals surface area (Å²) in [6, 6.07) is 10.0. The molecule has 0 atom stereocenters. The van der Waals surface area contributed by atoms with Gasteiger partial charge >= 0.3 is 0 Å². The van der Waals surface area contributed by atoms with Crippen molar-refractivity contribution in [3.63, 3.8) is 0 Å². The van der Waals surface area contributed by atoms with E-state index in [1.165, 1.54) is 12.1 Å². The minimum absolute atomic E-state index is 0.0825. The van der Waals surface area contributed by atoms with Gasteiger partial charge in [0.2, 0.25) is 0 Å². The predicted octanol–water partition coefficient (Wildman–Crippen LogP) is 4.56. The van der Waals surface area contributed by atoms with Gasteiger partial charge < -0.3 is 9.84 Å². The highest BCUT2D eigenvalue weighted by atomic mass is 79.9. The van der Waals surface area contributed by atoms with Crippen molar-refractivity contribution >= 4 is 57.5 Å². The first-order chi connectivity index (χ1) is 11.4. The standard InChI is InChI=1S/C16H10BrNO4S2/c17-10-7-9(23)2-4-12(10)22-13-3-1-8(5-11(13)19)6-14-15(20)18-16(21)24-14/h1-7,19,23H,(H,18,20,21)/b14-6-. The summed E-state index contributed by atoms with van der Waals surface area (Å²) in [4.78, 5) is 23.7. The number of phenols is 1. The molecule has 1 saturated heterocycles. The average Bonchev–Trinajstić information content (AvgIpc) is 2.82. The average molecular weight is 424 g/mol. The number of imide groups is 1. The summed E-state index contributed by atoms with van der Waals surface area (Å²) in [5, 5.41) is 11.9. The van der Waals surface area contributed by atoms with Crippen LogP contribution in [0.5, 0.6) is 17.2 Å². The lowest BCUT2D eigenvalue weighted by molar-refractivity contribution is -0.115. The Morgan fingerprint density at radius 2 is 1.92 bits per heavy atom. The normalized spacial score (nSPS) is 15.7. The molecule has 2 aromatic rings. The molecule has 0 aromatic heterocycles. The number of thioether (sulfide) groups is 1. The summed E-state index contributed by atoms with van der Waals surface area (Å²) in [7, 11) is 0. The third-order valence-corrected chi connectivity index (χ3v) is 4.77. The second kappa shape index (κ2) is 6.92. The molecule has 0 saturated carbocycles. The fraction of sp³-hybridized carbons (Fsp3) is 0. The number of benzene rings is 2. The first kappa shape index (κ1) is 16.9. The van der Waals surface area contributed by atoms with Gasteiger partial charge in [-0.1, -0.05) is 6.07 Å². The number of nitrogens with one attached hydrogen (secondary N) is 1. The van der Waals surface area contributed by atoms with Gasteiger partial charge in [-0.25, -0.2) is 0 Å². The number of phenolic OH excluding ortho intramolecular Hbond substituents is 1. The van der Waals surface area contributed by atoms with E-state index < -0.39 is 11.1 Å². The molecule has 3 rings (SSSR count). The molecule has 1 aliphatic heterocycles. The summed E-state index contributed by atoms with van der Waals surface area (Å²) < 4.78 is 6.37. The molecule has 0 unspecified atom stereocenters. The predicted molar refractivity (Wildman–Crippen MR) is 98.7 cm³/mol. The number of aromatic hydroxyl groups is 1. The molecule has 0 bridgehead atoms. The van der Waals surface area contributed by atoms with E-state index in [0.717, 1.165) is 16.7 Å². The van der Waals surface area contributed by atoms with Gasteiger partial charge in [-0.15, -0.1) is 12.6 Å². The molecule has 0 aliphatic carbocycles. The Bertz CT molecular complexity index is 882.